The number of fused-ring (bicyclic) bond motifs is 1. The van der Waals surface area contributed by atoms with Gasteiger partial charge in [-0.15, -0.1) is 0 Å². The van der Waals surface area contributed by atoms with Crippen molar-refractivity contribution in [3.05, 3.63) is 76.6 Å². The highest BCUT2D eigenvalue weighted by molar-refractivity contribution is 5.97. The van der Waals surface area contributed by atoms with Gasteiger partial charge < -0.3 is 14.1 Å². The van der Waals surface area contributed by atoms with E-state index < -0.39 is 12.6 Å². The molecule has 0 spiro atoms. The van der Waals surface area contributed by atoms with Crippen LogP contribution in [0.25, 0.3) is 11.0 Å². The Bertz CT molecular complexity index is 1100. The first-order valence-electron chi connectivity index (χ1n) is 10.2. The van der Waals surface area contributed by atoms with E-state index in [4.69, 9.17) is 9.15 Å². The molecule has 0 atom stereocenters. The smallest absolute Gasteiger partial charge is 0.374 e. The molecule has 6 nitrogen and oxygen atoms in total. The Morgan fingerprint density at radius 2 is 1.67 bits per heavy atom. The summed E-state index contributed by atoms with van der Waals surface area (Å²) in [6.07, 6.45) is 5.16. The second-order valence-electron chi connectivity index (χ2n) is 7.44. The fourth-order valence-corrected chi connectivity index (χ4v) is 3.96. The molecule has 1 amide bonds. The fraction of sp³-hybridized carbons (Fsp3) is 0.292. The number of rotatable bonds is 5. The summed E-state index contributed by atoms with van der Waals surface area (Å²) in [5.74, 6) is -1.33. The number of esters is 1. The van der Waals surface area contributed by atoms with Gasteiger partial charge in [0.15, 0.2) is 12.0 Å². The molecule has 30 heavy (non-hydrogen) atoms. The van der Waals surface area contributed by atoms with Crippen LogP contribution < -0.4 is 10.3 Å². The molecule has 154 valence electrons. The van der Waals surface area contributed by atoms with E-state index in [9.17, 15) is 14.4 Å². The van der Waals surface area contributed by atoms with Crippen LogP contribution in [0.4, 0.5) is 5.69 Å². The summed E-state index contributed by atoms with van der Waals surface area (Å²) in [6, 6.07) is 17.3. The van der Waals surface area contributed by atoms with Crippen LogP contribution in [-0.4, -0.2) is 24.5 Å². The predicted octanol–water partition coefficient (Wildman–Crippen LogP) is 4.32. The fourth-order valence-electron chi connectivity index (χ4n) is 3.96. The number of hydrogen-bond donors (Lipinski definition) is 0. The highest BCUT2D eigenvalue weighted by atomic mass is 16.5. The molecule has 1 aromatic heterocycles. The van der Waals surface area contributed by atoms with Crippen molar-refractivity contribution >= 4 is 28.5 Å². The maximum Gasteiger partial charge on any atom is 0.374 e. The van der Waals surface area contributed by atoms with Crippen molar-refractivity contribution in [2.24, 2.45) is 0 Å². The number of carbonyl (C=O) groups excluding carboxylic acids is 2. The highest BCUT2D eigenvalue weighted by Crippen LogP contribution is 2.27. The van der Waals surface area contributed by atoms with Crippen molar-refractivity contribution in [3.63, 3.8) is 0 Å². The summed E-state index contributed by atoms with van der Waals surface area (Å²) in [5, 5.41) is 0.387. The van der Waals surface area contributed by atoms with Crippen molar-refractivity contribution in [3.8, 4) is 0 Å². The van der Waals surface area contributed by atoms with Crippen LogP contribution in [0.15, 0.2) is 69.9 Å². The van der Waals surface area contributed by atoms with Crippen LogP contribution in [-0.2, 0) is 9.53 Å². The lowest BCUT2D eigenvalue weighted by atomic mass is 9.93. The molecular weight excluding hydrogens is 382 g/mol. The topological polar surface area (TPSA) is 76.8 Å². The summed E-state index contributed by atoms with van der Waals surface area (Å²) in [6.45, 7) is -0.416. The Labute approximate surface area is 174 Å². The van der Waals surface area contributed by atoms with E-state index in [-0.39, 0.29) is 23.1 Å². The molecule has 0 saturated heterocycles. The largest absolute Gasteiger partial charge is 0.450 e. The first-order valence-corrected chi connectivity index (χ1v) is 10.2. The van der Waals surface area contributed by atoms with E-state index in [0.29, 0.717) is 11.0 Å². The number of amides is 1. The zero-order chi connectivity index (χ0) is 20.9. The number of anilines is 1. The van der Waals surface area contributed by atoms with Gasteiger partial charge in [0.25, 0.3) is 5.91 Å². The zero-order valence-electron chi connectivity index (χ0n) is 16.6. The van der Waals surface area contributed by atoms with Gasteiger partial charge >= 0.3 is 5.97 Å². The Kier molecular flexibility index (Phi) is 5.93. The maximum absolute atomic E-state index is 13.0. The normalized spacial score (nSPS) is 14.4. The van der Waals surface area contributed by atoms with Crippen molar-refractivity contribution < 1.29 is 18.7 Å². The van der Waals surface area contributed by atoms with Crippen LogP contribution in [0.5, 0.6) is 0 Å². The van der Waals surface area contributed by atoms with E-state index >= 15 is 0 Å². The number of benzene rings is 2. The molecule has 1 aliphatic rings. The number of ether oxygens (including phenoxy) is 1. The molecule has 0 N–H and O–H groups in total. The molecule has 3 aromatic rings. The number of nitrogens with zero attached hydrogens (tertiary/aromatic N) is 1. The Morgan fingerprint density at radius 1 is 0.967 bits per heavy atom. The van der Waals surface area contributed by atoms with Crippen molar-refractivity contribution in [1.29, 1.82) is 0 Å². The Hall–Kier alpha value is -3.41. The molecule has 0 aliphatic heterocycles. The minimum Gasteiger partial charge on any atom is -0.450 e. The lowest BCUT2D eigenvalue weighted by molar-refractivity contribution is -0.122. The Balaban J connectivity index is 1.50. The van der Waals surface area contributed by atoms with Crippen LogP contribution in [0, 0.1) is 0 Å². The van der Waals surface area contributed by atoms with Gasteiger partial charge in [0.1, 0.15) is 5.58 Å². The van der Waals surface area contributed by atoms with Crippen molar-refractivity contribution in [1.82, 2.24) is 0 Å². The molecule has 1 fully saturated rings. The third-order valence-corrected chi connectivity index (χ3v) is 5.41. The second-order valence-corrected chi connectivity index (χ2v) is 7.44. The molecule has 1 aliphatic carbocycles. The maximum atomic E-state index is 13.0. The molecule has 1 saturated carbocycles. The lowest BCUT2D eigenvalue weighted by Crippen LogP contribution is -2.43. The van der Waals surface area contributed by atoms with E-state index in [0.717, 1.165) is 37.4 Å². The number of carbonyl (C=O) groups is 2. The monoisotopic (exact) mass is 405 g/mol. The van der Waals surface area contributed by atoms with Crippen molar-refractivity contribution in [2.45, 2.75) is 38.1 Å². The van der Waals surface area contributed by atoms with Gasteiger partial charge in [-0.3, -0.25) is 9.59 Å². The summed E-state index contributed by atoms with van der Waals surface area (Å²) >= 11 is 0. The minimum atomic E-state index is -0.831. The standard InChI is InChI=1S/C24H23NO5/c26-20-15-22(30-21-14-8-7-13-19(20)21)24(28)29-16-23(27)25(17-9-3-1-4-10-17)18-11-5-2-6-12-18/h1,3-4,7-10,13-15,18H,2,5-6,11-12,16H2. The van der Waals surface area contributed by atoms with Crippen LogP contribution in [0.3, 0.4) is 0 Å². The van der Waals surface area contributed by atoms with E-state index in [1.807, 2.05) is 30.3 Å². The number of hydrogen-bond acceptors (Lipinski definition) is 5. The summed E-state index contributed by atoms with van der Waals surface area (Å²) in [5.41, 5.74) is 0.766. The average molecular weight is 405 g/mol. The van der Waals surface area contributed by atoms with Gasteiger partial charge in [0.2, 0.25) is 5.76 Å². The third kappa shape index (κ3) is 4.27. The highest BCUT2D eigenvalue weighted by Gasteiger charge is 2.28. The van der Waals surface area contributed by atoms with E-state index in [2.05, 4.69) is 0 Å². The molecule has 2 aromatic carbocycles. The van der Waals surface area contributed by atoms with Gasteiger partial charge in [-0.25, -0.2) is 4.79 Å². The molecule has 0 bridgehead atoms. The average Bonchev–Trinajstić information content (AvgIpc) is 2.79. The predicted molar refractivity (Wildman–Crippen MR) is 114 cm³/mol. The van der Waals surface area contributed by atoms with Gasteiger partial charge in [-0.05, 0) is 37.1 Å². The SMILES string of the molecule is O=C(OCC(=O)N(c1ccccc1)C1CCCCC1)c1cc(=O)c2ccccc2o1. The summed E-state index contributed by atoms with van der Waals surface area (Å²) < 4.78 is 10.7. The van der Waals surface area contributed by atoms with Crippen LogP contribution >= 0.6 is 0 Å². The molecule has 1 heterocycles. The number of para-hydroxylation sites is 2. The van der Waals surface area contributed by atoms with Crippen molar-refractivity contribution in [2.75, 3.05) is 11.5 Å². The van der Waals surface area contributed by atoms with Gasteiger partial charge in [-0.1, -0.05) is 49.6 Å². The summed E-state index contributed by atoms with van der Waals surface area (Å²) in [7, 11) is 0. The zero-order valence-corrected chi connectivity index (χ0v) is 16.6. The Morgan fingerprint density at radius 3 is 2.43 bits per heavy atom. The molecule has 0 unspecified atom stereocenters. The molecule has 4 rings (SSSR count). The van der Waals surface area contributed by atoms with Crippen LogP contribution in [0.1, 0.15) is 42.7 Å². The molecular formula is C24H23NO5. The second kappa shape index (κ2) is 8.95. The minimum absolute atomic E-state index is 0.0888. The summed E-state index contributed by atoms with van der Waals surface area (Å²) in [4.78, 5) is 39.4. The quantitative estimate of drug-likeness (QED) is 0.591. The lowest BCUT2D eigenvalue weighted by Gasteiger charge is -2.34. The molecule has 0 radical (unpaired) electrons. The van der Waals surface area contributed by atoms with Gasteiger partial charge in [0, 0.05) is 17.8 Å². The first-order chi connectivity index (χ1) is 14.6. The molecule has 6 heteroatoms. The van der Waals surface area contributed by atoms with E-state index in [1.54, 1.807) is 29.2 Å². The van der Waals surface area contributed by atoms with E-state index in [1.165, 1.54) is 6.42 Å². The first kappa shape index (κ1) is 19.9. The third-order valence-electron chi connectivity index (χ3n) is 5.41. The van der Waals surface area contributed by atoms with Gasteiger partial charge in [-0.2, -0.15) is 0 Å². The van der Waals surface area contributed by atoms with Crippen LogP contribution in [0.2, 0.25) is 0 Å². The van der Waals surface area contributed by atoms with Gasteiger partial charge in [0.05, 0.1) is 5.39 Å².